The highest BCUT2D eigenvalue weighted by Crippen LogP contribution is 2.17. The maximum absolute atomic E-state index is 11.2. The van der Waals surface area contributed by atoms with Crippen molar-refractivity contribution in [3.63, 3.8) is 0 Å². The van der Waals surface area contributed by atoms with Crippen molar-refractivity contribution in [1.29, 1.82) is 5.41 Å². The van der Waals surface area contributed by atoms with Crippen molar-refractivity contribution in [2.24, 2.45) is 0 Å². The van der Waals surface area contributed by atoms with Gasteiger partial charge < -0.3 is 0 Å². The minimum atomic E-state index is -4.36. The number of hydrogen-bond donors (Lipinski definition) is 2. The highest BCUT2D eigenvalue weighted by Gasteiger charge is 2.18. The standard InChI is InChI=1S/C12H10N2O3S/c13-12(10-6-3-4-8-14-10)9-5-1-2-7-11(9)18(15,16)17/h1-8,13H,(H,15,16,17). The van der Waals surface area contributed by atoms with E-state index in [0.717, 1.165) is 0 Å². The summed E-state index contributed by atoms with van der Waals surface area (Å²) in [6.07, 6.45) is 1.51. The summed E-state index contributed by atoms with van der Waals surface area (Å²) in [7, 11) is -4.36. The van der Waals surface area contributed by atoms with Crippen LogP contribution in [0.2, 0.25) is 0 Å². The highest BCUT2D eigenvalue weighted by molar-refractivity contribution is 7.86. The lowest BCUT2D eigenvalue weighted by Crippen LogP contribution is -2.10. The number of hydrogen-bond acceptors (Lipinski definition) is 4. The van der Waals surface area contributed by atoms with Gasteiger partial charge in [-0.3, -0.25) is 14.9 Å². The van der Waals surface area contributed by atoms with Crippen LogP contribution in [0.15, 0.2) is 53.6 Å². The lowest BCUT2D eigenvalue weighted by molar-refractivity contribution is 0.483. The van der Waals surface area contributed by atoms with E-state index in [0.29, 0.717) is 5.69 Å². The number of nitrogens with zero attached hydrogens (tertiary/aromatic N) is 1. The summed E-state index contributed by atoms with van der Waals surface area (Å²) in [5, 5.41) is 7.95. The third-order valence-electron chi connectivity index (χ3n) is 2.36. The van der Waals surface area contributed by atoms with E-state index in [9.17, 15) is 8.42 Å². The quantitative estimate of drug-likeness (QED) is 0.651. The molecule has 0 atom stereocenters. The lowest BCUT2D eigenvalue weighted by Gasteiger charge is -2.07. The molecule has 2 aromatic rings. The second kappa shape index (κ2) is 4.67. The van der Waals surface area contributed by atoms with Gasteiger partial charge in [-0.15, -0.1) is 0 Å². The van der Waals surface area contributed by atoms with E-state index in [1.165, 1.54) is 24.4 Å². The summed E-state index contributed by atoms with van der Waals surface area (Å²) >= 11 is 0. The Bertz CT molecular complexity index is 681. The molecule has 5 nitrogen and oxygen atoms in total. The van der Waals surface area contributed by atoms with Crippen LogP contribution in [-0.2, 0) is 10.1 Å². The molecule has 0 aliphatic carbocycles. The van der Waals surface area contributed by atoms with Gasteiger partial charge >= 0.3 is 0 Å². The van der Waals surface area contributed by atoms with Crippen molar-refractivity contribution in [1.82, 2.24) is 4.98 Å². The van der Waals surface area contributed by atoms with E-state index in [1.807, 2.05) is 0 Å². The van der Waals surface area contributed by atoms with Crippen LogP contribution in [0.3, 0.4) is 0 Å². The molecule has 0 aliphatic heterocycles. The summed E-state index contributed by atoms with van der Waals surface area (Å²) in [6, 6.07) is 10.8. The summed E-state index contributed by atoms with van der Waals surface area (Å²) < 4.78 is 31.6. The predicted molar refractivity (Wildman–Crippen MR) is 66.4 cm³/mol. The van der Waals surface area contributed by atoms with Crippen LogP contribution in [0.1, 0.15) is 11.3 Å². The van der Waals surface area contributed by atoms with Crippen molar-refractivity contribution in [2.75, 3.05) is 0 Å². The van der Waals surface area contributed by atoms with E-state index in [1.54, 1.807) is 24.3 Å². The minimum Gasteiger partial charge on any atom is -0.298 e. The fraction of sp³-hybridized carbons (Fsp3) is 0. The third kappa shape index (κ3) is 2.44. The molecule has 0 bridgehead atoms. The third-order valence-corrected chi connectivity index (χ3v) is 3.27. The van der Waals surface area contributed by atoms with Crippen LogP contribution < -0.4 is 0 Å². The van der Waals surface area contributed by atoms with Gasteiger partial charge in [0.15, 0.2) is 0 Å². The van der Waals surface area contributed by atoms with E-state index >= 15 is 0 Å². The molecule has 0 aliphatic rings. The lowest BCUT2D eigenvalue weighted by atomic mass is 10.1. The minimum absolute atomic E-state index is 0.0520. The second-order valence-electron chi connectivity index (χ2n) is 3.56. The van der Waals surface area contributed by atoms with Gasteiger partial charge in [0, 0.05) is 11.8 Å². The topological polar surface area (TPSA) is 91.1 Å². The largest absolute Gasteiger partial charge is 0.298 e. The van der Waals surface area contributed by atoms with Gasteiger partial charge in [0.1, 0.15) is 4.90 Å². The SMILES string of the molecule is N=C(c1ccccn1)c1ccccc1S(=O)(=O)O. The summed E-state index contributed by atoms with van der Waals surface area (Å²) in [4.78, 5) is 3.69. The number of pyridine rings is 1. The van der Waals surface area contributed by atoms with Crippen molar-refractivity contribution >= 4 is 15.8 Å². The molecule has 1 aromatic heterocycles. The smallest absolute Gasteiger partial charge is 0.295 e. The first-order chi connectivity index (χ1) is 8.50. The number of aromatic nitrogens is 1. The molecule has 2 rings (SSSR count). The Morgan fingerprint density at radius 2 is 1.78 bits per heavy atom. The Hall–Kier alpha value is -2.05. The number of nitrogens with one attached hydrogen (secondary N) is 1. The molecule has 0 saturated heterocycles. The van der Waals surface area contributed by atoms with E-state index < -0.39 is 10.1 Å². The monoisotopic (exact) mass is 262 g/mol. The molecule has 6 heteroatoms. The maximum atomic E-state index is 11.2. The second-order valence-corrected chi connectivity index (χ2v) is 4.95. The summed E-state index contributed by atoms with van der Waals surface area (Å²) in [5.74, 6) is 0. The van der Waals surface area contributed by atoms with Gasteiger partial charge in [-0.2, -0.15) is 8.42 Å². The zero-order valence-corrected chi connectivity index (χ0v) is 10.1. The van der Waals surface area contributed by atoms with Crippen molar-refractivity contribution in [3.8, 4) is 0 Å². The average molecular weight is 262 g/mol. The summed E-state index contributed by atoms with van der Waals surface area (Å²) in [6.45, 7) is 0. The normalized spacial score (nSPS) is 11.2. The number of benzene rings is 1. The molecule has 1 heterocycles. The molecular formula is C12H10N2O3S. The Labute approximate surface area is 104 Å². The molecule has 18 heavy (non-hydrogen) atoms. The fourth-order valence-electron chi connectivity index (χ4n) is 1.55. The van der Waals surface area contributed by atoms with Crippen molar-refractivity contribution in [3.05, 3.63) is 59.9 Å². The molecule has 0 fully saturated rings. The molecule has 1 aromatic carbocycles. The molecule has 0 radical (unpaired) electrons. The van der Waals surface area contributed by atoms with E-state index in [-0.39, 0.29) is 16.2 Å². The van der Waals surface area contributed by atoms with E-state index in [2.05, 4.69) is 4.98 Å². The molecule has 0 spiro atoms. The zero-order valence-electron chi connectivity index (χ0n) is 9.24. The molecule has 2 N–H and O–H groups in total. The molecule has 0 amide bonds. The summed E-state index contributed by atoms with van der Waals surface area (Å²) in [5.41, 5.74) is 0.413. The Balaban J connectivity index is 2.57. The first-order valence-corrected chi connectivity index (χ1v) is 6.51. The van der Waals surface area contributed by atoms with Crippen LogP contribution in [0, 0.1) is 5.41 Å². The fourth-order valence-corrected chi connectivity index (χ4v) is 2.25. The van der Waals surface area contributed by atoms with Crippen LogP contribution in [0.25, 0.3) is 0 Å². The van der Waals surface area contributed by atoms with Gasteiger partial charge in [-0.1, -0.05) is 24.3 Å². The van der Waals surface area contributed by atoms with E-state index in [4.69, 9.17) is 9.96 Å². The van der Waals surface area contributed by atoms with Crippen molar-refractivity contribution < 1.29 is 13.0 Å². The highest BCUT2D eigenvalue weighted by atomic mass is 32.2. The van der Waals surface area contributed by atoms with Gasteiger partial charge in [0.05, 0.1) is 11.4 Å². The molecular weight excluding hydrogens is 252 g/mol. The van der Waals surface area contributed by atoms with Crippen LogP contribution in [0.5, 0.6) is 0 Å². The van der Waals surface area contributed by atoms with Crippen LogP contribution in [0.4, 0.5) is 0 Å². The van der Waals surface area contributed by atoms with Gasteiger partial charge in [-0.25, -0.2) is 0 Å². The average Bonchev–Trinajstić information content (AvgIpc) is 2.38. The van der Waals surface area contributed by atoms with Crippen LogP contribution in [-0.4, -0.2) is 23.7 Å². The molecule has 0 saturated carbocycles. The maximum Gasteiger partial charge on any atom is 0.295 e. The molecule has 92 valence electrons. The molecule has 0 unspecified atom stereocenters. The van der Waals surface area contributed by atoms with Gasteiger partial charge in [-0.05, 0) is 18.2 Å². The Morgan fingerprint density at radius 3 is 2.39 bits per heavy atom. The van der Waals surface area contributed by atoms with Gasteiger partial charge in [0.25, 0.3) is 10.1 Å². The van der Waals surface area contributed by atoms with Crippen LogP contribution >= 0.6 is 0 Å². The Kier molecular flexibility index (Phi) is 3.22. The van der Waals surface area contributed by atoms with Crippen molar-refractivity contribution in [2.45, 2.75) is 4.90 Å². The zero-order chi connectivity index (χ0) is 13.2. The Morgan fingerprint density at radius 1 is 1.11 bits per heavy atom. The first-order valence-electron chi connectivity index (χ1n) is 5.07. The predicted octanol–water partition coefficient (Wildman–Crippen LogP) is 1.74. The number of rotatable bonds is 3. The van der Waals surface area contributed by atoms with Gasteiger partial charge in [0.2, 0.25) is 0 Å². The first kappa shape index (κ1) is 12.4.